The Morgan fingerprint density at radius 3 is 2.62 bits per heavy atom. The summed E-state index contributed by atoms with van der Waals surface area (Å²) in [4.78, 5) is 19.2. The van der Waals surface area contributed by atoms with Crippen LogP contribution < -0.4 is 18.1 Å². The Bertz CT molecular complexity index is 1190. The number of nitrogens with zero attached hydrogens (tertiary/aromatic N) is 4. The zero-order valence-electron chi connectivity index (χ0n) is 19.6. The standard InChI is InChI=1S/C24H28ClN5O2S.ClH/c1-14-15(2)33-24-21(14)22(17-6-8-18(25)9-7-17)27-20(23-29-28-16(3)30(23)24)13-19(31)5-4-11-32-12-10-26;/h6-9,20H,4-5,10-13,26H2,1-3H3;1H/t20-;/m0./s1. The molecule has 10 heteroatoms. The number of aromatic nitrogens is 3. The van der Waals surface area contributed by atoms with Gasteiger partial charge in [-0.1, -0.05) is 23.7 Å². The number of hydrogen-bond donors (Lipinski definition) is 1. The third-order valence-electron chi connectivity index (χ3n) is 5.81. The predicted molar refractivity (Wildman–Crippen MR) is 131 cm³/mol. The van der Waals surface area contributed by atoms with Crippen molar-refractivity contribution in [1.29, 1.82) is 0 Å². The highest BCUT2D eigenvalue weighted by Gasteiger charge is 2.32. The average molecular weight is 523 g/mol. The largest absolute Gasteiger partial charge is 1.00 e. The van der Waals surface area contributed by atoms with E-state index in [-0.39, 0.29) is 24.6 Å². The van der Waals surface area contributed by atoms with Crippen LogP contribution in [0.4, 0.5) is 0 Å². The molecule has 0 spiro atoms. The van der Waals surface area contributed by atoms with Crippen molar-refractivity contribution >= 4 is 34.4 Å². The molecule has 0 saturated heterocycles. The zero-order valence-corrected chi connectivity index (χ0v) is 21.9. The Morgan fingerprint density at radius 1 is 1.18 bits per heavy atom. The number of thiophene rings is 1. The van der Waals surface area contributed by atoms with Crippen molar-refractivity contribution in [2.45, 2.75) is 46.1 Å². The minimum atomic E-state index is -0.413. The van der Waals surface area contributed by atoms with Crippen LogP contribution in [0.1, 0.15) is 58.5 Å². The summed E-state index contributed by atoms with van der Waals surface area (Å²) >= 11 is 7.86. The van der Waals surface area contributed by atoms with E-state index in [0.717, 1.165) is 34.2 Å². The monoisotopic (exact) mass is 521 g/mol. The molecule has 0 bridgehead atoms. The third-order valence-corrected chi connectivity index (χ3v) is 7.26. The first-order valence-corrected chi connectivity index (χ1v) is 12.3. The molecule has 2 aromatic heterocycles. The van der Waals surface area contributed by atoms with Crippen molar-refractivity contribution in [3.63, 3.8) is 0 Å². The van der Waals surface area contributed by atoms with E-state index in [2.05, 4.69) is 34.3 Å². The maximum Gasteiger partial charge on any atom is 0.163 e. The fourth-order valence-corrected chi connectivity index (χ4v) is 5.37. The van der Waals surface area contributed by atoms with Gasteiger partial charge < -0.3 is 22.9 Å². The van der Waals surface area contributed by atoms with E-state index in [1.807, 2.05) is 31.2 Å². The highest BCUT2D eigenvalue weighted by molar-refractivity contribution is 7.15. The second kappa shape index (κ2) is 11.6. The molecule has 1 atom stereocenters. The lowest BCUT2D eigenvalue weighted by molar-refractivity contribution is -0.374. The molecule has 1 aliphatic heterocycles. The molecular formula is C24H29Cl2N5O2S. The van der Waals surface area contributed by atoms with Gasteiger partial charge in [0, 0.05) is 40.5 Å². The lowest BCUT2D eigenvalue weighted by Gasteiger charge is -2.12. The zero-order chi connectivity index (χ0) is 23.5. The van der Waals surface area contributed by atoms with Gasteiger partial charge in [0.1, 0.15) is 22.7 Å². The summed E-state index contributed by atoms with van der Waals surface area (Å²) in [7, 11) is 0. The van der Waals surface area contributed by atoms with E-state index in [1.54, 1.807) is 11.3 Å². The van der Waals surface area contributed by atoms with Crippen LogP contribution >= 0.6 is 22.9 Å². The van der Waals surface area contributed by atoms with Crippen molar-refractivity contribution in [3.05, 3.63) is 62.5 Å². The number of halogens is 2. The number of quaternary nitrogens is 1. The number of aliphatic imine (C=N–C) groups is 1. The number of carbonyl (C=O) groups excluding carboxylic acids is 1. The van der Waals surface area contributed by atoms with Gasteiger partial charge in [-0.2, -0.15) is 0 Å². The van der Waals surface area contributed by atoms with Gasteiger partial charge >= 0.3 is 0 Å². The SMILES string of the molecule is Cc1sc2c(c1C)C(c1ccc(Cl)cc1)=N[C@@H](CC(=O)CCCOCC[NH3+])c1nnc(C)n1-2.[Cl-]. The van der Waals surface area contributed by atoms with Crippen molar-refractivity contribution in [2.24, 2.45) is 4.99 Å². The van der Waals surface area contributed by atoms with Crippen LogP contribution in [0.15, 0.2) is 29.3 Å². The van der Waals surface area contributed by atoms with E-state index < -0.39 is 6.04 Å². The number of fused-ring (bicyclic) bond motifs is 3. The molecular weight excluding hydrogens is 493 g/mol. The molecule has 0 radical (unpaired) electrons. The van der Waals surface area contributed by atoms with E-state index in [4.69, 9.17) is 21.3 Å². The molecule has 3 aromatic rings. The highest BCUT2D eigenvalue weighted by Crippen LogP contribution is 2.39. The summed E-state index contributed by atoms with van der Waals surface area (Å²) in [6.45, 7) is 8.09. The van der Waals surface area contributed by atoms with Crippen LogP contribution in [-0.4, -0.2) is 46.0 Å². The van der Waals surface area contributed by atoms with E-state index >= 15 is 0 Å². The number of aryl methyl sites for hydroxylation is 2. The molecule has 3 N–H and O–H groups in total. The first-order chi connectivity index (χ1) is 15.9. The van der Waals surface area contributed by atoms with Crippen molar-refractivity contribution in [2.75, 3.05) is 19.8 Å². The van der Waals surface area contributed by atoms with Gasteiger partial charge in [-0.25, -0.2) is 0 Å². The molecule has 0 unspecified atom stereocenters. The fourth-order valence-electron chi connectivity index (χ4n) is 4.03. The lowest BCUT2D eigenvalue weighted by Crippen LogP contribution is -3.00. The Balaban J connectivity index is 0.00000324. The van der Waals surface area contributed by atoms with Gasteiger partial charge in [0.2, 0.25) is 0 Å². The number of ketones is 1. The molecule has 0 saturated carbocycles. The number of carbonyl (C=O) groups is 1. The number of ether oxygens (including phenoxy) is 1. The fraction of sp³-hybridized carbons (Fsp3) is 0.417. The highest BCUT2D eigenvalue weighted by atomic mass is 35.5. The molecule has 182 valence electrons. The van der Waals surface area contributed by atoms with E-state index in [1.165, 1.54) is 10.4 Å². The summed E-state index contributed by atoms with van der Waals surface area (Å²) in [5.74, 6) is 1.64. The van der Waals surface area contributed by atoms with E-state index in [0.29, 0.717) is 36.9 Å². The Kier molecular flexibility index (Phi) is 9.01. The normalized spacial score (nSPS) is 14.6. The van der Waals surface area contributed by atoms with Gasteiger partial charge in [-0.3, -0.25) is 14.4 Å². The van der Waals surface area contributed by atoms with Crippen LogP contribution in [-0.2, 0) is 9.53 Å². The minimum Gasteiger partial charge on any atom is -1.00 e. The molecule has 0 fully saturated rings. The first kappa shape index (κ1) is 26.5. The second-order valence-corrected chi connectivity index (χ2v) is 9.86. The second-order valence-electron chi connectivity index (χ2n) is 8.22. The van der Waals surface area contributed by atoms with Gasteiger partial charge in [0.15, 0.2) is 5.82 Å². The van der Waals surface area contributed by atoms with Crippen molar-refractivity contribution in [1.82, 2.24) is 14.8 Å². The Labute approximate surface area is 214 Å². The summed E-state index contributed by atoms with van der Waals surface area (Å²) in [5, 5.41) is 10.5. The van der Waals surface area contributed by atoms with Crippen LogP contribution in [0.2, 0.25) is 5.02 Å². The maximum atomic E-state index is 12.9. The molecule has 0 aliphatic carbocycles. The van der Waals surface area contributed by atoms with Gasteiger partial charge in [0.25, 0.3) is 0 Å². The van der Waals surface area contributed by atoms with Crippen LogP contribution in [0.3, 0.4) is 0 Å². The number of hydrogen-bond acceptors (Lipinski definition) is 6. The smallest absolute Gasteiger partial charge is 0.163 e. The summed E-state index contributed by atoms with van der Waals surface area (Å²) in [5.41, 5.74) is 7.84. The molecule has 1 aliphatic rings. The van der Waals surface area contributed by atoms with Crippen molar-refractivity contribution < 1.29 is 27.7 Å². The van der Waals surface area contributed by atoms with Gasteiger partial charge in [-0.15, -0.1) is 21.5 Å². The van der Waals surface area contributed by atoms with E-state index in [9.17, 15) is 4.79 Å². The molecule has 4 rings (SSSR count). The third kappa shape index (κ3) is 5.42. The molecule has 0 amide bonds. The summed E-state index contributed by atoms with van der Waals surface area (Å²) in [6, 6.07) is 7.29. The van der Waals surface area contributed by atoms with Crippen LogP contribution in [0.5, 0.6) is 0 Å². The quantitative estimate of drug-likeness (QED) is 0.421. The van der Waals surface area contributed by atoms with Crippen LogP contribution in [0.25, 0.3) is 5.00 Å². The van der Waals surface area contributed by atoms with Gasteiger partial charge in [0.05, 0.1) is 18.9 Å². The number of rotatable bonds is 9. The topological polar surface area (TPSA) is 97.0 Å². The molecule has 3 heterocycles. The van der Waals surface area contributed by atoms with Gasteiger partial charge in [-0.05, 0) is 44.9 Å². The average Bonchev–Trinajstić information content (AvgIpc) is 3.26. The maximum absolute atomic E-state index is 12.9. The first-order valence-electron chi connectivity index (χ1n) is 11.2. The molecule has 34 heavy (non-hydrogen) atoms. The minimum absolute atomic E-state index is 0. The molecule has 7 nitrogen and oxygen atoms in total. The number of benzene rings is 1. The molecule has 1 aromatic carbocycles. The Morgan fingerprint density at radius 2 is 1.91 bits per heavy atom. The lowest BCUT2D eigenvalue weighted by atomic mass is 9.99. The Hall–Kier alpha value is -2.10. The summed E-state index contributed by atoms with van der Waals surface area (Å²) in [6.07, 6.45) is 1.42. The van der Waals surface area contributed by atoms with Crippen LogP contribution in [0, 0.1) is 20.8 Å². The predicted octanol–water partition coefficient (Wildman–Crippen LogP) is 0.801. The summed E-state index contributed by atoms with van der Waals surface area (Å²) < 4.78 is 7.54. The number of Topliss-reactive ketones (excluding diaryl/α,β-unsaturated/α-hetero) is 1. The van der Waals surface area contributed by atoms with Crippen molar-refractivity contribution in [3.8, 4) is 5.00 Å².